The van der Waals surface area contributed by atoms with E-state index in [1.165, 1.54) is 6.92 Å². The van der Waals surface area contributed by atoms with E-state index in [0.717, 1.165) is 0 Å². The third kappa shape index (κ3) is 2.51. The van der Waals surface area contributed by atoms with Crippen LogP contribution in [0, 0.1) is 5.41 Å². The molecular formula is C13H13N3O4. The smallest absolute Gasteiger partial charge is 0.328 e. The third-order valence-electron chi connectivity index (χ3n) is 3.09. The molecule has 0 bridgehead atoms. The largest absolute Gasteiger partial charge is 0.350 e. The van der Waals surface area contributed by atoms with Crippen molar-refractivity contribution in [2.24, 2.45) is 5.41 Å². The molecule has 7 nitrogen and oxygen atoms in total. The summed E-state index contributed by atoms with van der Waals surface area (Å²) in [6.07, 6.45) is 0. The van der Waals surface area contributed by atoms with E-state index in [4.69, 9.17) is 0 Å². The molecule has 1 aromatic carbocycles. The highest BCUT2D eigenvalue weighted by Gasteiger charge is 2.46. The Kier molecular flexibility index (Phi) is 3.51. The number of hydrogen-bond acceptors (Lipinski definition) is 4. The van der Waals surface area contributed by atoms with Gasteiger partial charge in [-0.05, 0) is 19.1 Å². The van der Waals surface area contributed by atoms with Crippen LogP contribution >= 0.6 is 0 Å². The van der Waals surface area contributed by atoms with Crippen LogP contribution in [0.5, 0.6) is 0 Å². The number of benzene rings is 1. The summed E-state index contributed by atoms with van der Waals surface area (Å²) in [5.74, 6) is -1.87. The van der Waals surface area contributed by atoms with Gasteiger partial charge >= 0.3 is 6.03 Å². The Labute approximate surface area is 114 Å². The maximum atomic E-state index is 11.9. The molecular weight excluding hydrogens is 262 g/mol. The van der Waals surface area contributed by atoms with Gasteiger partial charge in [0.05, 0.1) is 0 Å². The summed E-state index contributed by atoms with van der Waals surface area (Å²) < 4.78 is 0. The van der Waals surface area contributed by atoms with Gasteiger partial charge in [-0.25, -0.2) is 4.79 Å². The highest BCUT2D eigenvalue weighted by Crippen LogP contribution is 2.18. The van der Waals surface area contributed by atoms with Gasteiger partial charge in [-0.15, -0.1) is 0 Å². The number of nitrogens with one attached hydrogen (secondary N) is 3. The van der Waals surface area contributed by atoms with E-state index in [1.807, 2.05) is 10.6 Å². The lowest BCUT2D eigenvalue weighted by atomic mass is 9.86. The van der Waals surface area contributed by atoms with Gasteiger partial charge in [-0.2, -0.15) is 0 Å². The van der Waals surface area contributed by atoms with Crippen molar-refractivity contribution in [2.75, 3.05) is 6.54 Å². The monoisotopic (exact) mass is 275 g/mol. The van der Waals surface area contributed by atoms with Gasteiger partial charge in [0, 0.05) is 12.1 Å². The van der Waals surface area contributed by atoms with Crippen LogP contribution in [-0.2, 0) is 9.59 Å². The van der Waals surface area contributed by atoms with Crippen molar-refractivity contribution in [3.63, 3.8) is 0 Å². The van der Waals surface area contributed by atoms with Crippen LogP contribution in [0.2, 0.25) is 0 Å². The first-order valence-electron chi connectivity index (χ1n) is 5.93. The van der Waals surface area contributed by atoms with Crippen LogP contribution in [0.3, 0.4) is 0 Å². The first-order chi connectivity index (χ1) is 9.43. The highest BCUT2D eigenvalue weighted by molar-refractivity contribution is 6.19. The molecule has 1 saturated heterocycles. The lowest BCUT2D eigenvalue weighted by Crippen LogP contribution is -2.64. The number of carbonyl (C=O) groups is 4. The van der Waals surface area contributed by atoms with E-state index in [1.54, 1.807) is 30.3 Å². The molecule has 2 rings (SSSR count). The van der Waals surface area contributed by atoms with E-state index >= 15 is 0 Å². The molecule has 0 aliphatic carbocycles. The Hall–Kier alpha value is -2.70. The summed E-state index contributed by atoms with van der Waals surface area (Å²) in [5, 5.41) is 6.52. The molecule has 1 heterocycles. The van der Waals surface area contributed by atoms with Crippen molar-refractivity contribution < 1.29 is 19.2 Å². The second kappa shape index (κ2) is 5.12. The van der Waals surface area contributed by atoms with Crippen LogP contribution in [0.4, 0.5) is 4.79 Å². The van der Waals surface area contributed by atoms with Crippen LogP contribution in [0.15, 0.2) is 30.3 Å². The minimum Gasteiger partial charge on any atom is -0.350 e. The predicted octanol–water partition coefficient (Wildman–Crippen LogP) is -0.211. The fourth-order valence-electron chi connectivity index (χ4n) is 1.73. The average Bonchev–Trinajstić information content (AvgIpc) is 2.43. The number of imide groups is 2. The van der Waals surface area contributed by atoms with Crippen LogP contribution < -0.4 is 16.0 Å². The number of urea groups is 1. The normalized spacial score (nSPS) is 17.1. The lowest BCUT2D eigenvalue weighted by molar-refractivity contribution is -0.142. The summed E-state index contributed by atoms with van der Waals surface area (Å²) in [6, 6.07) is 7.55. The quantitative estimate of drug-likeness (QED) is 0.664. The van der Waals surface area contributed by atoms with Gasteiger partial charge < -0.3 is 5.32 Å². The number of rotatable bonds is 3. The Morgan fingerprint density at radius 3 is 2.20 bits per heavy atom. The van der Waals surface area contributed by atoms with E-state index < -0.39 is 29.2 Å². The first-order valence-corrected chi connectivity index (χ1v) is 5.93. The molecule has 0 atom stereocenters. The lowest BCUT2D eigenvalue weighted by Gasteiger charge is -2.30. The Bertz CT molecular complexity index is 563. The fourth-order valence-corrected chi connectivity index (χ4v) is 1.73. The van der Waals surface area contributed by atoms with Crippen molar-refractivity contribution in [2.45, 2.75) is 6.92 Å². The Balaban J connectivity index is 2.06. The van der Waals surface area contributed by atoms with Crippen LogP contribution in [0.25, 0.3) is 0 Å². The van der Waals surface area contributed by atoms with Crippen molar-refractivity contribution >= 4 is 23.8 Å². The summed E-state index contributed by atoms with van der Waals surface area (Å²) in [4.78, 5) is 46.3. The first kappa shape index (κ1) is 13.7. The number of hydrogen-bond donors (Lipinski definition) is 3. The van der Waals surface area contributed by atoms with Gasteiger partial charge in [0.25, 0.3) is 5.91 Å². The number of barbiturate groups is 1. The van der Waals surface area contributed by atoms with E-state index in [0.29, 0.717) is 5.56 Å². The topological polar surface area (TPSA) is 104 Å². The van der Waals surface area contributed by atoms with Gasteiger partial charge in [0.15, 0.2) is 0 Å². The molecule has 3 N–H and O–H groups in total. The minimum absolute atomic E-state index is 0.203. The molecule has 5 amide bonds. The van der Waals surface area contributed by atoms with Crippen molar-refractivity contribution in [3.05, 3.63) is 35.9 Å². The average molecular weight is 275 g/mol. The Morgan fingerprint density at radius 1 is 1.10 bits per heavy atom. The van der Waals surface area contributed by atoms with Crippen LogP contribution in [-0.4, -0.2) is 30.3 Å². The minimum atomic E-state index is -1.52. The fraction of sp³-hybridized carbons (Fsp3) is 0.231. The van der Waals surface area contributed by atoms with E-state index in [-0.39, 0.29) is 6.54 Å². The molecule has 1 aromatic rings. The van der Waals surface area contributed by atoms with Gasteiger partial charge in [-0.1, -0.05) is 18.2 Å². The molecule has 20 heavy (non-hydrogen) atoms. The maximum absolute atomic E-state index is 11.9. The summed E-state index contributed by atoms with van der Waals surface area (Å²) in [5.41, 5.74) is -1.10. The van der Waals surface area contributed by atoms with E-state index in [2.05, 4.69) is 5.32 Å². The molecule has 0 saturated carbocycles. The SMILES string of the molecule is CC1(CNC(=O)c2ccccc2)C(=O)NC(=O)NC1=O. The summed E-state index contributed by atoms with van der Waals surface area (Å²) in [7, 11) is 0. The van der Waals surface area contributed by atoms with Gasteiger partial charge in [-0.3, -0.25) is 25.0 Å². The van der Waals surface area contributed by atoms with Crippen LogP contribution in [0.1, 0.15) is 17.3 Å². The van der Waals surface area contributed by atoms with Crippen molar-refractivity contribution in [1.29, 1.82) is 0 Å². The molecule has 1 aliphatic heterocycles. The summed E-state index contributed by atoms with van der Waals surface area (Å²) in [6.45, 7) is 1.15. The number of carbonyl (C=O) groups excluding carboxylic acids is 4. The molecule has 1 aliphatic rings. The molecule has 1 fully saturated rings. The zero-order valence-electron chi connectivity index (χ0n) is 10.7. The van der Waals surface area contributed by atoms with Gasteiger partial charge in [0.1, 0.15) is 5.41 Å². The summed E-state index contributed by atoms with van der Waals surface area (Å²) >= 11 is 0. The van der Waals surface area contributed by atoms with Crippen molar-refractivity contribution in [3.8, 4) is 0 Å². The third-order valence-corrected chi connectivity index (χ3v) is 3.09. The van der Waals surface area contributed by atoms with Crippen molar-refractivity contribution in [1.82, 2.24) is 16.0 Å². The molecule has 7 heteroatoms. The zero-order chi connectivity index (χ0) is 14.8. The molecule has 104 valence electrons. The van der Waals surface area contributed by atoms with Gasteiger partial charge in [0.2, 0.25) is 11.8 Å². The molecule has 0 aromatic heterocycles. The molecule has 0 unspecified atom stereocenters. The predicted molar refractivity (Wildman–Crippen MR) is 68.6 cm³/mol. The number of amides is 5. The Morgan fingerprint density at radius 2 is 1.65 bits per heavy atom. The van der Waals surface area contributed by atoms with E-state index in [9.17, 15) is 19.2 Å². The standard InChI is InChI=1S/C13H13N3O4/c1-13(10(18)15-12(20)16-11(13)19)7-14-9(17)8-5-3-2-4-6-8/h2-6H,7H2,1H3,(H,14,17)(H2,15,16,18,19,20). The molecule has 0 spiro atoms. The second-order valence-electron chi connectivity index (χ2n) is 4.62. The zero-order valence-corrected chi connectivity index (χ0v) is 10.7. The maximum Gasteiger partial charge on any atom is 0.328 e. The highest BCUT2D eigenvalue weighted by atomic mass is 16.2. The second-order valence-corrected chi connectivity index (χ2v) is 4.62. The molecule has 0 radical (unpaired) electrons.